The van der Waals surface area contributed by atoms with Gasteiger partial charge >= 0.3 is 0 Å². The summed E-state index contributed by atoms with van der Waals surface area (Å²) in [6.07, 6.45) is 0.863. The standard InChI is InChI=1S/C20H19NO2S/c22-20(21-13-12-19-7-4-14-24-19)17-8-10-18(11-9-17)23-15-16-5-2-1-3-6-16/h1-11,14H,12-13,15H2,(H,21,22). The van der Waals surface area contributed by atoms with Gasteiger partial charge in [0.15, 0.2) is 0 Å². The van der Waals surface area contributed by atoms with Gasteiger partial charge < -0.3 is 10.1 Å². The van der Waals surface area contributed by atoms with E-state index < -0.39 is 0 Å². The van der Waals surface area contributed by atoms with Crippen LogP contribution in [0.15, 0.2) is 72.1 Å². The lowest BCUT2D eigenvalue weighted by atomic mass is 10.2. The Morgan fingerprint density at radius 2 is 1.75 bits per heavy atom. The highest BCUT2D eigenvalue weighted by Crippen LogP contribution is 2.14. The fourth-order valence-corrected chi connectivity index (χ4v) is 3.01. The van der Waals surface area contributed by atoms with Crippen molar-refractivity contribution in [2.45, 2.75) is 13.0 Å². The van der Waals surface area contributed by atoms with Crippen LogP contribution >= 0.6 is 11.3 Å². The number of hydrogen-bond acceptors (Lipinski definition) is 3. The molecule has 3 rings (SSSR count). The van der Waals surface area contributed by atoms with Crippen LogP contribution in [0.25, 0.3) is 0 Å². The summed E-state index contributed by atoms with van der Waals surface area (Å²) in [4.78, 5) is 13.4. The smallest absolute Gasteiger partial charge is 0.251 e. The molecule has 2 aromatic carbocycles. The van der Waals surface area contributed by atoms with Crippen molar-refractivity contribution in [1.82, 2.24) is 5.32 Å². The van der Waals surface area contributed by atoms with Crippen LogP contribution in [0, 0.1) is 0 Å². The highest BCUT2D eigenvalue weighted by molar-refractivity contribution is 7.09. The Hall–Kier alpha value is -2.59. The lowest BCUT2D eigenvalue weighted by Gasteiger charge is -2.08. The first-order valence-corrected chi connectivity index (χ1v) is 8.76. The Kier molecular flexibility index (Phi) is 5.64. The second kappa shape index (κ2) is 8.31. The molecule has 1 N–H and O–H groups in total. The van der Waals surface area contributed by atoms with E-state index in [2.05, 4.69) is 11.4 Å². The van der Waals surface area contributed by atoms with Gasteiger partial charge in [-0.1, -0.05) is 36.4 Å². The first-order valence-electron chi connectivity index (χ1n) is 7.88. The molecule has 122 valence electrons. The van der Waals surface area contributed by atoms with Crippen molar-refractivity contribution in [1.29, 1.82) is 0 Å². The summed E-state index contributed by atoms with van der Waals surface area (Å²) < 4.78 is 5.73. The Bertz CT molecular complexity index is 752. The highest BCUT2D eigenvalue weighted by Gasteiger charge is 2.05. The normalized spacial score (nSPS) is 10.3. The van der Waals surface area contributed by atoms with E-state index in [1.807, 2.05) is 53.9 Å². The highest BCUT2D eigenvalue weighted by atomic mass is 32.1. The lowest BCUT2D eigenvalue weighted by Crippen LogP contribution is -2.25. The zero-order valence-electron chi connectivity index (χ0n) is 13.3. The van der Waals surface area contributed by atoms with Crippen molar-refractivity contribution in [3.8, 4) is 5.75 Å². The molecule has 0 atom stereocenters. The molecule has 0 bridgehead atoms. The van der Waals surface area contributed by atoms with Gasteiger partial charge in [0.2, 0.25) is 0 Å². The van der Waals surface area contributed by atoms with E-state index in [1.54, 1.807) is 23.5 Å². The summed E-state index contributed by atoms with van der Waals surface area (Å²) in [7, 11) is 0. The van der Waals surface area contributed by atoms with Gasteiger partial charge in [0.05, 0.1) is 0 Å². The molecule has 24 heavy (non-hydrogen) atoms. The molecule has 0 radical (unpaired) electrons. The number of ether oxygens (including phenoxy) is 1. The minimum absolute atomic E-state index is 0.0545. The number of rotatable bonds is 7. The predicted molar refractivity (Wildman–Crippen MR) is 97.6 cm³/mol. The average Bonchev–Trinajstić information content (AvgIpc) is 3.15. The Morgan fingerprint density at radius 3 is 2.46 bits per heavy atom. The maximum Gasteiger partial charge on any atom is 0.251 e. The SMILES string of the molecule is O=C(NCCc1cccs1)c1ccc(OCc2ccccc2)cc1. The van der Waals surface area contributed by atoms with Crippen LogP contribution in [0.3, 0.4) is 0 Å². The third-order valence-electron chi connectivity index (χ3n) is 3.60. The van der Waals surface area contributed by atoms with Gasteiger partial charge in [-0.25, -0.2) is 0 Å². The molecule has 3 nitrogen and oxygen atoms in total. The Labute approximate surface area is 145 Å². The molecule has 0 fully saturated rings. The van der Waals surface area contributed by atoms with Crippen molar-refractivity contribution < 1.29 is 9.53 Å². The molecular formula is C20H19NO2S. The minimum Gasteiger partial charge on any atom is -0.489 e. The van der Waals surface area contributed by atoms with Crippen molar-refractivity contribution in [3.05, 3.63) is 88.1 Å². The summed E-state index contributed by atoms with van der Waals surface area (Å²) in [5, 5.41) is 4.99. The molecule has 1 aromatic heterocycles. The summed E-state index contributed by atoms with van der Waals surface area (Å²) in [5.74, 6) is 0.704. The lowest BCUT2D eigenvalue weighted by molar-refractivity contribution is 0.0954. The van der Waals surface area contributed by atoms with Crippen LogP contribution in [0.4, 0.5) is 0 Å². The van der Waals surface area contributed by atoms with Gasteiger partial charge in [-0.05, 0) is 47.7 Å². The fraction of sp³-hybridized carbons (Fsp3) is 0.150. The van der Waals surface area contributed by atoms with Gasteiger partial charge in [-0.3, -0.25) is 4.79 Å². The molecule has 4 heteroatoms. The zero-order valence-corrected chi connectivity index (χ0v) is 14.1. The van der Waals surface area contributed by atoms with Gasteiger partial charge in [0, 0.05) is 17.0 Å². The fourth-order valence-electron chi connectivity index (χ4n) is 2.30. The number of carbonyl (C=O) groups is 1. The van der Waals surface area contributed by atoms with Crippen molar-refractivity contribution in [3.63, 3.8) is 0 Å². The second-order valence-corrected chi connectivity index (χ2v) is 6.42. The monoisotopic (exact) mass is 337 g/mol. The number of carbonyl (C=O) groups excluding carboxylic acids is 1. The molecule has 0 spiro atoms. The average molecular weight is 337 g/mol. The largest absolute Gasteiger partial charge is 0.489 e. The van der Waals surface area contributed by atoms with E-state index in [-0.39, 0.29) is 5.91 Å². The summed E-state index contributed by atoms with van der Waals surface area (Å²) in [6, 6.07) is 21.4. The molecule has 1 amide bonds. The molecule has 0 aliphatic rings. The number of hydrogen-bond donors (Lipinski definition) is 1. The van der Waals surface area contributed by atoms with Crippen LogP contribution in [-0.4, -0.2) is 12.5 Å². The first kappa shape index (κ1) is 16.3. The third-order valence-corrected chi connectivity index (χ3v) is 4.54. The summed E-state index contributed by atoms with van der Waals surface area (Å²) >= 11 is 1.71. The maximum absolute atomic E-state index is 12.1. The van der Waals surface area contributed by atoms with E-state index in [0.29, 0.717) is 18.7 Å². The van der Waals surface area contributed by atoms with Gasteiger partial charge in [0.25, 0.3) is 5.91 Å². The maximum atomic E-state index is 12.1. The molecule has 3 aromatic rings. The first-order chi connectivity index (χ1) is 11.8. The van der Waals surface area contributed by atoms with Gasteiger partial charge in [0.1, 0.15) is 12.4 Å². The molecule has 0 aliphatic heterocycles. The van der Waals surface area contributed by atoms with Crippen molar-refractivity contribution in [2.75, 3.05) is 6.54 Å². The second-order valence-electron chi connectivity index (χ2n) is 5.38. The number of amides is 1. The van der Waals surface area contributed by atoms with Crippen LogP contribution in [0.5, 0.6) is 5.75 Å². The summed E-state index contributed by atoms with van der Waals surface area (Å²) in [6.45, 7) is 1.17. The topological polar surface area (TPSA) is 38.3 Å². The van der Waals surface area contributed by atoms with E-state index in [0.717, 1.165) is 17.7 Å². The molecule has 0 unspecified atom stereocenters. The van der Waals surface area contributed by atoms with Crippen molar-refractivity contribution in [2.24, 2.45) is 0 Å². The van der Waals surface area contributed by atoms with Crippen LogP contribution in [0.2, 0.25) is 0 Å². The van der Waals surface area contributed by atoms with Gasteiger partial charge in [-0.15, -0.1) is 11.3 Å². The Balaban J connectivity index is 1.47. The number of thiophene rings is 1. The van der Waals surface area contributed by atoms with E-state index in [4.69, 9.17) is 4.74 Å². The summed E-state index contributed by atoms with van der Waals surface area (Å²) in [5.41, 5.74) is 1.76. The molecule has 0 saturated carbocycles. The third kappa shape index (κ3) is 4.70. The molecule has 0 saturated heterocycles. The number of nitrogens with one attached hydrogen (secondary N) is 1. The van der Waals surface area contributed by atoms with Crippen LogP contribution in [-0.2, 0) is 13.0 Å². The molecule has 1 heterocycles. The van der Waals surface area contributed by atoms with Crippen LogP contribution in [0.1, 0.15) is 20.8 Å². The van der Waals surface area contributed by atoms with Crippen molar-refractivity contribution >= 4 is 17.2 Å². The van der Waals surface area contributed by atoms with E-state index in [1.165, 1.54) is 4.88 Å². The van der Waals surface area contributed by atoms with E-state index >= 15 is 0 Å². The quantitative estimate of drug-likeness (QED) is 0.698. The zero-order chi connectivity index (χ0) is 16.6. The minimum atomic E-state index is -0.0545. The van der Waals surface area contributed by atoms with Gasteiger partial charge in [-0.2, -0.15) is 0 Å². The molecule has 0 aliphatic carbocycles. The van der Waals surface area contributed by atoms with Crippen LogP contribution < -0.4 is 10.1 Å². The molecular weight excluding hydrogens is 318 g/mol. The van der Waals surface area contributed by atoms with E-state index in [9.17, 15) is 4.79 Å². The Morgan fingerprint density at radius 1 is 0.958 bits per heavy atom. The number of benzene rings is 2. The predicted octanol–water partition coefficient (Wildman–Crippen LogP) is 4.30.